The number of hydrogen-bond acceptors (Lipinski definition) is 23. The van der Waals surface area contributed by atoms with Gasteiger partial charge in [-0.1, -0.05) is 77.9 Å². The molecule has 8 aliphatic rings. The molecule has 0 fully saturated rings. The fourth-order valence-electron chi connectivity index (χ4n) is 9.98. The number of benzene rings is 2. The summed E-state index contributed by atoms with van der Waals surface area (Å²) in [7, 11) is 40.0. The first-order valence-electron chi connectivity index (χ1n) is 35.0. The van der Waals surface area contributed by atoms with Crippen LogP contribution in [0.1, 0.15) is 47.1 Å². The predicted molar refractivity (Wildman–Crippen MR) is 494 cm³/mol. The molecule has 0 amide bonds. The second-order valence-electron chi connectivity index (χ2n) is 24.0. The first kappa shape index (κ1) is 112. The van der Waals surface area contributed by atoms with Gasteiger partial charge in [-0.05, 0) is 217 Å². The molecule has 6 aromatic rings. The third-order valence-corrected chi connectivity index (χ3v) is 14.6. The van der Waals surface area contributed by atoms with Crippen LogP contribution in [-0.4, -0.2) is 174 Å². The van der Waals surface area contributed by atoms with Gasteiger partial charge in [0.2, 0.25) is 0 Å². The molecule has 119 heavy (non-hydrogen) atoms. The van der Waals surface area contributed by atoms with E-state index in [-0.39, 0.29) is 14.9 Å². The van der Waals surface area contributed by atoms with Gasteiger partial charge in [-0.3, -0.25) is 0 Å². The predicted octanol–water partition coefficient (Wildman–Crippen LogP) is 18.4. The fraction of sp³-hybridized carbons (Fsp3) is 0.220. The molecule has 0 saturated carbocycles. The zero-order chi connectivity index (χ0) is 88.0. The van der Waals surface area contributed by atoms with Crippen molar-refractivity contribution < 1.29 is 74.0 Å². The van der Waals surface area contributed by atoms with E-state index >= 15 is 0 Å². The number of aromatic nitrogens is 4. The monoisotopic (exact) mass is 2050 g/mol. The molecule has 0 bridgehead atoms. The summed E-state index contributed by atoms with van der Waals surface area (Å²) in [5, 5.41) is 44.7. The topological polar surface area (TPSA) is 253 Å². The second kappa shape index (κ2) is 64.7. The average molecular weight is 2050 g/mol. The van der Waals surface area contributed by atoms with Crippen molar-refractivity contribution in [2.75, 3.05) is 127 Å². The van der Waals surface area contributed by atoms with E-state index in [0.29, 0.717) is 0 Å². The number of nitrogens with zero attached hydrogens (tertiary/aromatic N) is 28. The van der Waals surface area contributed by atoms with Gasteiger partial charge < -0.3 is 140 Å². The number of anilines is 12. The summed E-state index contributed by atoms with van der Waals surface area (Å²) in [5.41, 5.74) is 5.52. The Bertz CT molecular complexity index is 3880. The Labute approximate surface area is 767 Å². The van der Waals surface area contributed by atoms with Crippen LogP contribution in [0.25, 0.3) is 32.5 Å². The van der Waals surface area contributed by atoms with Gasteiger partial charge in [0.05, 0.1) is 12.8 Å². The van der Waals surface area contributed by atoms with E-state index < -0.39 is 0 Å². The molecule has 0 N–H and O–H groups in total. The summed E-state index contributed by atoms with van der Waals surface area (Å²) in [6, 6.07) is 37.2. The molecule has 14 rings (SSSR count). The number of hydrogen-bond donors (Lipinski definition) is 0. The van der Waals surface area contributed by atoms with Crippen LogP contribution < -0.4 is 53.7 Å². The maximum absolute atomic E-state index is 7.44. The van der Waals surface area contributed by atoms with Crippen LogP contribution in [0, 0.1) is 75.1 Å². The SMILES string of the molecule is CC=[N-].CC=[N-].CC=[N-].CC=[N-].CC=[N-].CC=[N-].CN1C=CN(c2cc(N(C)C)cc(N3C=CN(C)[CH-]3)n2)[CH-]1.CN1C=CN(c2cc(N(c3ccccc3)c3ccccc3)cc(N3C=CN(C)[CH-]3)n2)[CH-]1.COc1ccc(N2C=CN(C)[CH-]2)nc1N1C=CN(C)[CH-]1.Cc1cc(N2C=CN(C)[CH-]2)nc(N2C=CN(C)[CH-]2)c1.[CH3-].[CH3-].[Cl][Ru].[Cl][Ru].[Cl][Ru].[Cl][Ru]. The Balaban J connectivity index is 0. The number of pyridine rings is 4. The quantitative estimate of drug-likeness (QED) is 0.0591. The Kier molecular flexibility index (Phi) is 60.8. The Hall–Kier alpha value is -9.17. The summed E-state index contributed by atoms with van der Waals surface area (Å²) in [6.07, 6.45) is 37.9. The van der Waals surface area contributed by atoms with Crippen LogP contribution in [0.3, 0.4) is 0 Å². The molecule has 0 atom stereocenters. The van der Waals surface area contributed by atoms with Gasteiger partial charge in [-0.25, -0.2) is 57.2 Å². The Morgan fingerprint density at radius 3 is 0.748 bits per heavy atom. The third-order valence-electron chi connectivity index (χ3n) is 14.6. The van der Waals surface area contributed by atoms with Gasteiger partial charge >= 0.3 is 108 Å². The van der Waals surface area contributed by atoms with Crippen molar-refractivity contribution in [3.05, 3.63) is 315 Å². The Morgan fingerprint density at radius 2 is 0.529 bits per heavy atom. The molecule has 0 unspecified atom stereocenters. The van der Waals surface area contributed by atoms with Crippen LogP contribution >= 0.6 is 38.8 Å². The van der Waals surface area contributed by atoms with E-state index in [1.165, 1.54) is 5.56 Å². The van der Waals surface area contributed by atoms with Crippen molar-refractivity contribution in [2.45, 2.75) is 48.5 Å². The van der Waals surface area contributed by atoms with Crippen LogP contribution in [0.5, 0.6) is 5.75 Å². The first-order valence-corrected chi connectivity index (χ1v) is 43.9. The zero-order valence-electron chi connectivity index (χ0n) is 70.6. The zero-order valence-corrected chi connectivity index (χ0v) is 80.5. The molecule has 12 heterocycles. The second-order valence-corrected chi connectivity index (χ2v) is 24.0. The normalized spacial score (nSPS) is 13.7. The van der Waals surface area contributed by atoms with Gasteiger partial charge in [-0.15, -0.1) is 53.3 Å². The van der Waals surface area contributed by atoms with E-state index in [1.54, 1.807) is 48.7 Å². The van der Waals surface area contributed by atoms with Gasteiger partial charge in [0, 0.05) is 55.4 Å². The standard InChI is InChI=1S/C25H24N6.C15H20N6.C14H17N5O.C14H17N5.6C2H4N.2CH3.4ClH.4Ru/c1-27-13-15-29(19-27)24-17-23(18-25(26-24)30-16-14-28(2)20-30)31(21-9-5-3-6-10-21)22-11-7-4-8-12-22;1-17(2)13-9-14(20-7-5-18(3)11-20)16-15(10-13)21-8-6-19(4)12-21;1-16-6-8-18(10-16)13-5-4-12(20-3)14(15-13)19-9-7-17(2)11-19;1-12-8-13(18-6-4-16(2)10-18)15-14(9-12)19-7-5-17(3)11-19;6*1-2-3;;;;;;;;;;/h3-20H,1-2H3;5-12H,1-4H3;4-11H,1-3H3;4-11H,1-3H3;6*2H,1H3;2*1H3;4*1H;;;;/q4*-2;8*-1;;;;;4*+1/p-4. The van der Waals surface area contributed by atoms with E-state index in [1.807, 2.05) is 395 Å². The number of ether oxygens (including phenoxy) is 1. The molecule has 0 saturated heterocycles. The summed E-state index contributed by atoms with van der Waals surface area (Å²) >= 11 is 7.29. The van der Waals surface area contributed by atoms with Crippen LogP contribution in [-0.2, 0) is 69.2 Å². The molecule has 0 aliphatic carbocycles. The van der Waals surface area contributed by atoms with Gasteiger partial charge in [-0.2, -0.15) is 0 Å². The third kappa shape index (κ3) is 39.3. The number of para-hydroxylation sites is 2. The maximum atomic E-state index is 7.44. The number of aryl methyl sites for hydroxylation is 1. The van der Waals surface area contributed by atoms with Crippen molar-refractivity contribution in [3.63, 3.8) is 0 Å². The first-order chi connectivity index (χ1) is 56.5. The van der Waals surface area contributed by atoms with Crippen LogP contribution in [0.15, 0.2) is 208 Å². The molecule has 37 heteroatoms. The van der Waals surface area contributed by atoms with Crippen LogP contribution in [0.4, 0.5) is 69.3 Å². The molecule has 4 aromatic heterocycles. The van der Waals surface area contributed by atoms with Crippen molar-refractivity contribution in [1.29, 1.82) is 0 Å². The van der Waals surface area contributed by atoms with E-state index in [4.69, 9.17) is 52.1 Å². The van der Waals surface area contributed by atoms with E-state index in [2.05, 4.69) is 145 Å². The van der Waals surface area contributed by atoms with Crippen molar-refractivity contribution in [2.24, 2.45) is 0 Å². The van der Waals surface area contributed by atoms with Gasteiger partial charge in [0.15, 0.2) is 5.75 Å². The van der Waals surface area contributed by atoms with Crippen molar-refractivity contribution in [1.82, 2.24) is 59.1 Å². The number of rotatable bonds is 13. The van der Waals surface area contributed by atoms with Crippen LogP contribution in [0.2, 0.25) is 0 Å². The Morgan fingerprint density at radius 1 is 0.311 bits per heavy atom. The van der Waals surface area contributed by atoms with E-state index in [0.717, 1.165) is 112 Å². The van der Waals surface area contributed by atoms with Gasteiger partial charge in [0.25, 0.3) is 0 Å². The minimum atomic E-state index is 0. The number of methoxy groups -OCH3 is 1. The summed E-state index contributed by atoms with van der Waals surface area (Å²) in [6.45, 7) is 27.4. The molecule has 0 spiro atoms. The van der Waals surface area contributed by atoms with Gasteiger partial charge in [0.1, 0.15) is 46.5 Å². The summed E-state index contributed by atoms with van der Waals surface area (Å²) in [4.78, 5) is 55.4. The average Bonchev–Trinajstić information content (AvgIpc) is 1.79. The molecule has 8 aliphatic heterocycles. The molecule has 658 valence electrons. The van der Waals surface area contributed by atoms with Crippen molar-refractivity contribution >= 4 is 145 Å². The van der Waals surface area contributed by atoms with Crippen molar-refractivity contribution in [3.8, 4) is 5.75 Å². The minimum absolute atomic E-state index is 0. The number of halogens is 4. The van der Waals surface area contributed by atoms with E-state index in [9.17, 15) is 0 Å². The molecule has 29 nitrogen and oxygen atoms in total. The fourth-order valence-corrected chi connectivity index (χ4v) is 9.98. The molecule has 2 aromatic carbocycles. The summed E-state index contributed by atoms with van der Waals surface area (Å²) < 4.78 is 5.40. The summed E-state index contributed by atoms with van der Waals surface area (Å²) in [5.74, 6) is 7.68. The molecular weight excluding hydrogens is 1940 g/mol. The molecular formula is C82H108Cl4N28ORu4-16. The molecule has 0 radical (unpaired) electrons.